The van der Waals surface area contributed by atoms with Crippen molar-refractivity contribution in [2.45, 2.75) is 164 Å². The molecule has 0 amide bonds. The summed E-state index contributed by atoms with van der Waals surface area (Å²) < 4.78 is 52.1. The molecule has 2 unspecified atom stereocenters. The Bertz CT molecular complexity index is 596. The first-order chi connectivity index (χ1) is 16.5. The van der Waals surface area contributed by atoms with E-state index in [9.17, 15) is 9.13 Å². The van der Waals surface area contributed by atoms with E-state index in [1.54, 1.807) is 0 Å². The summed E-state index contributed by atoms with van der Waals surface area (Å²) in [5, 5.41) is -0.961. The highest BCUT2D eigenvalue weighted by Crippen LogP contribution is 2.73. The molecule has 0 N–H and O–H groups in total. The highest BCUT2D eigenvalue weighted by molar-refractivity contribution is 7.72. The van der Waals surface area contributed by atoms with E-state index >= 15 is 0 Å². The van der Waals surface area contributed by atoms with Gasteiger partial charge >= 0.3 is 15.2 Å². The fourth-order valence-electron chi connectivity index (χ4n) is 4.41. The summed E-state index contributed by atoms with van der Waals surface area (Å²) >= 11 is 0. The first kappa shape index (κ1) is 36.3. The molecule has 0 aromatic heterocycles. The minimum Gasteiger partial charge on any atom is -0.305 e. The van der Waals surface area contributed by atoms with Crippen LogP contribution in [0.2, 0.25) is 0 Å². The molecule has 0 rings (SSSR count). The SMILES string of the molecule is CC(C)CCCC(C)CCCC(C)CCC(P(=O)(OC(C)C)OC(C)C)P(=O)(OC(C)C)OC(C)C. The van der Waals surface area contributed by atoms with Crippen LogP contribution in [-0.4, -0.2) is 29.8 Å². The van der Waals surface area contributed by atoms with E-state index in [2.05, 4.69) is 27.7 Å². The number of rotatable bonds is 21. The van der Waals surface area contributed by atoms with Gasteiger partial charge in [0.15, 0.2) is 5.40 Å². The minimum absolute atomic E-state index is 0.349. The van der Waals surface area contributed by atoms with Gasteiger partial charge in [0.1, 0.15) is 0 Å². The molecule has 0 saturated heterocycles. The van der Waals surface area contributed by atoms with Crippen molar-refractivity contribution in [3.8, 4) is 0 Å². The van der Waals surface area contributed by atoms with Gasteiger partial charge in [-0.2, -0.15) is 0 Å². The predicted octanol–water partition coefficient (Wildman–Crippen LogP) is 10.4. The van der Waals surface area contributed by atoms with E-state index in [1.165, 1.54) is 32.1 Å². The van der Waals surface area contributed by atoms with Crippen LogP contribution in [0, 0.1) is 17.8 Å². The van der Waals surface area contributed by atoms with Crippen molar-refractivity contribution >= 4 is 15.2 Å². The molecule has 0 spiro atoms. The molecule has 0 fully saturated rings. The van der Waals surface area contributed by atoms with Gasteiger partial charge in [-0.3, -0.25) is 9.13 Å². The summed E-state index contributed by atoms with van der Waals surface area (Å²) in [6.07, 6.45) is 7.13. The van der Waals surface area contributed by atoms with E-state index in [1.807, 2.05) is 55.4 Å². The smallest absolute Gasteiger partial charge is 0.305 e. The van der Waals surface area contributed by atoms with Crippen molar-refractivity contribution in [1.82, 2.24) is 0 Å². The lowest BCUT2D eigenvalue weighted by Crippen LogP contribution is -2.24. The van der Waals surface area contributed by atoms with Gasteiger partial charge in [-0.1, -0.05) is 66.2 Å². The highest BCUT2D eigenvalue weighted by atomic mass is 31.2. The fraction of sp³-hybridized carbons (Fsp3) is 1.00. The number of hydrogen-bond acceptors (Lipinski definition) is 6. The van der Waals surface area contributed by atoms with Crippen molar-refractivity contribution in [2.75, 3.05) is 0 Å². The van der Waals surface area contributed by atoms with Crippen LogP contribution in [0.15, 0.2) is 0 Å². The van der Waals surface area contributed by atoms with Crippen molar-refractivity contribution in [2.24, 2.45) is 17.8 Å². The van der Waals surface area contributed by atoms with Crippen LogP contribution in [0.4, 0.5) is 0 Å². The number of hydrogen-bond donors (Lipinski definition) is 0. The predicted molar refractivity (Wildman–Crippen MR) is 154 cm³/mol. The summed E-state index contributed by atoms with van der Waals surface area (Å²) in [7, 11) is -7.61. The molecule has 0 aliphatic carbocycles. The van der Waals surface area contributed by atoms with Crippen molar-refractivity contribution in [3.05, 3.63) is 0 Å². The lowest BCUT2D eigenvalue weighted by molar-refractivity contribution is 0.121. The third kappa shape index (κ3) is 15.6. The zero-order chi connectivity index (χ0) is 28.1. The van der Waals surface area contributed by atoms with Gasteiger partial charge < -0.3 is 18.1 Å². The van der Waals surface area contributed by atoms with E-state index in [4.69, 9.17) is 18.1 Å². The Morgan fingerprint density at radius 1 is 0.444 bits per heavy atom. The lowest BCUT2D eigenvalue weighted by atomic mass is 9.92. The van der Waals surface area contributed by atoms with E-state index in [0.29, 0.717) is 12.3 Å². The van der Waals surface area contributed by atoms with Gasteiger partial charge in [-0.25, -0.2) is 0 Å². The summed E-state index contributed by atoms with van der Waals surface area (Å²) in [5.74, 6) is 1.91. The topological polar surface area (TPSA) is 71.1 Å². The second-order valence-electron chi connectivity index (χ2n) is 12.2. The van der Waals surface area contributed by atoms with Gasteiger partial charge in [0.05, 0.1) is 24.4 Å². The largest absolute Gasteiger partial charge is 0.346 e. The molecule has 0 saturated carbocycles. The fourth-order valence-corrected chi connectivity index (χ4v) is 10.4. The van der Waals surface area contributed by atoms with E-state index < -0.39 is 20.6 Å². The summed E-state index contributed by atoms with van der Waals surface area (Å²) in [4.78, 5) is 0. The standard InChI is InChI=1S/C28H60O6P2/c1-21(2)15-13-16-26(11)17-14-18-27(12)19-20-28(35(29,31-22(3)4)32-23(5)6)36(30,33-24(7)8)34-25(9)10/h21-28H,13-20H2,1-12H3. The van der Waals surface area contributed by atoms with Crippen LogP contribution >= 0.6 is 15.2 Å². The maximum absolute atomic E-state index is 14.2. The van der Waals surface area contributed by atoms with Crippen LogP contribution in [0.3, 0.4) is 0 Å². The van der Waals surface area contributed by atoms with Crippen LogP contribution in [0.1, 0.15) is 134 Å². The van der Waals surface area contributed by atoms with E-state index in [-0.39, 0.29) is 24.4 Å². The Labute approximate surface area is 224 Å². The van der Waals surface area contributed by atoms with E-state index in [0.717, 1.165) is 24.7 Å². The van der Waals surface area contributed by atoms with Crippen LogP contribution in [0.5, 0.6) is 0 Å². The van der Waals surface area contributed by atoms with Gasteiger partial charge in [0.2, 0.25) is 0 Å². The monoisotopic (exact) mass is 554 g/mol. The summed E-state index contributed by atoms with van der Waals surface area (Å²) in [6, 6.07) is 0. The normalized spacial score (nSPS) is 15.3. The first-order valence-electron chi connectivity index (χ1n) is 14.4. The molecule has 0 aromatic carbocycles. The first-order valence-corrected chi connectivity index (χ1v) is 17.7. The Kier molecular flexibility index (Phi) is 18.0. The Morgan fingerprint density at radius 2 is 0.750 bits per heavy atom. The van der Waals surface area contributed by atoms with Crippen LogP contribution in [0.25, 0.3) is 0 Å². The minimum atomic E-state index is -3.81. The van der Waals surface area contributed by atoms with Gasteiger partial charge in [0.25, 0.3) is 0 Å². The van der Waals surface area contributed by atoms with Crippen molar-refractivity contribution in [1.29, 1.82) is 0 Å². The lowest BCUT2D eigenvalue weighted by Gasteiger charge is -2.35. The van der Waals surface area contributed by atoms with Crippen LogP contribution in [-0.2, 0) is 27.2 Å². The maximum Gasteiger partial charge on any atom is 0.346 e. The Morgan fingerprint density at radius 3 is 1.06 bits per heavy atom. The molecule has 36 heavy (non-hydrogen) atoms. The Balaban J connectivity index is 5.55. The zero-order valence-corrected chi connectivity index (χ0v) is 27.4. The molecular formula is C28H60O6P2. The molecule has 0 radical (unpaired) electrons. The molecule has 0 bridgehead atoms. The zero-order valence-electron chi connectivity index (χ0n) is 25.6. The molecule has 8 heteroatoms. The van der Waals surface area contributed by atoms with Gasteiger partial charge in [-0.15, -0.1) is 0 Å². The quantitative estimate of drug-likeness (QED) is 0.131. The molecule has 0 aliphatic heterocycles. The average Bonchev–Trinajstić information content (AvgIpc) is 2.64. The average molecular weight is 555 g/mol. The summed E-state index contributed by atoms with van der Waals surface area (Å²) in [6.45, 7) is 23.7. The van der Waals surface area contributed by atoms with Crippen molar-refractivity contribution < 1.29 is 27.2 Å². The third-order valence-electron chi connectivity index (χ3n) is 5.95. The molecule has 218 valence electrons. The molecule has 6 nitrogen and oxygen atoms in total. The van der Waals surface area contributed by atoms with Crippen LogP contribution < -0.4 is 0 Å². The third-order valence-corrected chi connectivity index (χ3v) is 12.5. The second kappa shape index (κ2) is 17.8. The molecule has 2 atom stereocenters. The van der Waals surface area contributed by atoms with Gasteiger partial charge in [-0.05, 0) is 86.0 Å². The maximum atomic E-state index is 14.2. The molecular weight excluding hydrogens is 494 g/mol. The van der Waals surface area contributed by atoms with Gasteiger partial charge in [0, 0.05) is 0 Å². The Hall–Kier alpha value is 0.300. The molecule has 0 aromatic rings. The molecule has 0 heterocycles. The van der Waals surface area contributed by atoms with Crippen molar-refractivity contribution in [3.63, 3.8) is 0 Å². The highest BCUT2D eigenvalue weighted by Gasteiger charge is 2.52. The molecule has 0 aliphatic rings. The summed E-state index contributed by atoms with van der Waals surface area (Å²) in [5.41, 5.74) is 0. The second-order valence-corrected chi connectivity index (χ2v) is 16.9.